The summed E-state index contributed by atoms with van der Waals surface area (Å²) in [5.74, 6) is 2.39. The van der Waals surface area contributed by atoms with E-state index in [1.165, 1.54) is 0 Å². The fraction of sp³-hybridized carbons (Fsp3) is 0.368. The number of amides is 1. The van der Waals surface area contributed by atoms with E-state index in [0.717, 1.165) is 36.0 Å². The number of hydrogen-bond donors (Lipinski definition) is 1. The molecular formula is C19H23N3O3. The highest BCUT2D eigenvalue weighted by Gasteiger charge is 2.13. The zero-order valence-corrected chi connectivity index (χ0v) is 14.6. The average molecular weight is 341 g/mol. The predicted molar refractivity (Wildman–Crippen MR) is 97.3 cm³/mol. The van der Waals surface area contributed by atoms with Gasteiger partial charge in [0.15, 0.2) is 11.5 Å². The first-order valence-electron chi connectivity index (χ1n) is 8.59. The van der Waals surface area contributed by atoms with Crippen LogP contribution in [0.4, 0.5) is 11.5 Å². The largest absolute Gasteiger partial charge is 0.454 e. The van der Waals surface area contributed by atoms with Crippen LogP contribution in [-0.2, 0) is 11.2 Å². The van der Waals surface area contributed by atoms with E-state index in [0.29, 0.717) is 18.5 Å². The summed E-state index contributed by atoms with van der Waals surface area (Å²) in [7, 11) is 0. The molecule has 3 rings (SSSR count). The Labute approximate surface area is 147 Å². The van der Waals surface area contributed by atoms with Gasteiger partial charge >= 0.3 is 0 Å². The first-order valence-corrected chi connectivity index (χ1v) is 8.59. The minimum Gasteiger partial charge on any atom is -0.454 e. The molecule has 0 unspecified atom stereocenters. The molecule has 0 saturated carbocycles. The highest BCUT2D eigenvalue weighted by molar-refractivity contribution is 5.90. The number of carbonyl (C=O) groups excluding carboxylic acids is 1. The summed E-state index contributed by atoms with van der Waals surface area (Å²) in [5.41, 5.74) is 1.76. The lowest BCUT2D eigenvalue weighted by molar-refractivity contribution is -0.116. The first kappa shape index (κ1) is 17.1. The Morgan fingerprint density at radius 2 is 1.96 bits per heavy atom. The molecule has 0 bridgehead atoms. The second kappa shape index (κ2) is 7.88. The van der Waals surface area contributed by atoms with Gasteiger partial charge in [-0.25, -0.2) is 4.98 Å². The van der Waals surface area contributed by atoms with E-state index >= 15 is 0 Å². The van der Waals surface area contributed by atoms with Crippen molar-refractivity contribution < 1.29 is 14.3 Å². The van der Waals surface area contributed by atoms with Gasteiger partial charge in [0.05, 0.1) is 11.9 Å². The minimum absolute atomic E-state index is 0.0324. The van der Waals surface area contributed by atoms with Crippen molar-refractivity contribution in [3.8, 4) is 11.5 Å². The third-order valence-electron chi connectivity index (χ3n) is 4.20. The lowest BCUT2D eigenvalue weighted by Crippen LogP contribution is -2.22. The second-order valence-electron chi connectivity index (χ2n) is 5.81. The van der Waals surface area contributed by atoms with E-state index in [2.05, 4.69) is 29.0 Å². The number of fused-ring (bicyclic) bond motifs is 1. The van der Waals surface area contributed by atoms with Crippen LogP contribution in [0.1, 0.15) is 25.8 Å². The molecule has 0 spiro atoms. The van der Waals surface area contributed by atoms with E-state index in [-0.39, 0.29) is 12.7 Å². The molecule has 6 heteroatoms. The van der Waals surface area contributed by atoms with E-state index in [1.54, 1.807) is 6.20 Å². The van der Waals surface area contributed by atoms with Crippen LogP contribution in [0.15, 0.2) is 36.5 Å². The Morgan fingerprint density at radius 1 is 1.16 bits per heavy atom. The number of aromatic nitrogens is 1. The Kier molecular flexibility index (Phi) is 5.38. The van der Waals surface area contributed by atoms with E-state index < -0.39 is 0 Å². The summed E-state index contributed by atoms with van der Waals surface area (Å²) >= 11 is 0. The number of nitrogens with zero attached hydrogens (tertiary/aromatic N) is 2. The van der Waals surface area contributed by atoms with Crippen LogP contribution in [0.25, 0.3) is 0 Å². The van der Waals surface area contributed by atoms with Gasteiger partial charge in [-0.2, -0.15) is 0 Å². The van der Waals surface area contributed by atoms with Gasteiger partial charge in [-0.05, 0) is 50.1 Å². The third kappa shape index (κ3) is 4.21. The summed E-state index contributed by atoms with van der Waals surface area (Å²) in [6.07, 6.45) is 2.75. The summed E-state index contributed by atoms with van der Waals surface area (Å²) in [4.78, 5) is 18.7. The van der Waals surface area contributed by atoms with Crippen LogP contribution >= 0.6 is 0 Å². The number of rotatable bonds is 7. The van der Waals surface area contributed by atoms with Crippen LogP contribution in [0.5, 0.6) is 11.5 Å². The molecule has 1 aliphatic heterocycles. The molecule has 0 aliphatic carbocycles. The Morgan fingerprint density at radius 3 is 2.68 bits per heavy atom. The van der Waals surface area contributed by atoms with Crippen molar-refractivity contribution >= 4 is 17.4 Å². The molecule has 1 aromatic heterocycles. The molecule has 0 radical (unpaired) electrons. The zero-order chi connectivity index (χ0) is 17.6. The molecule has 1 aliphatic rings. The minimum atomic E-state index is -0.0324. The molecular weight excluding hydrogens is 318 g/mol. The molecule has 1 N–H and O–H groups in total. The predicted octanol–water partition coefficient (Wildman–Crippen LogP) is 3.23. The van der Waals surface area contributed by atoms with Crippen LogP contribution in [0.3, 0.4) is 0 Å². The van der Waals surface area contributed by atoms with Gasteiger partial charge in [0.2, 0.25) is 12.7 Å². The number of ether oxygens (including phenoxy) is 2. The van der Waals surface area contributed by atoms with E-state index in [9.17, 15) is 4.79 Å². The molecule has 1 aromatic carbocycles. The average Bonchev–Trinajstić information content (AvgIpc) is 3.10. The maximum Gasteiger partial charge on any atom is 0.231 e. The highest BCUT2D eigenvalue weighted by atomic mass is 16.7. The Hall–Kier alpha value is -2.76. The molecule has 6 nitrogen and oxygen atoms in total. The number of hydrogen-bond acceptors (Lipinski definition) is 5. The molecule has 1 amide bonds. The van der Waals surface area contributed by atoms with Crippen molar-refractivity contribution in [1.29, 1.82) is 0 Å². The summed E-state index contributed by atoms with van der Waals surface area (Å²) in [6, 6.07) is 9.59. The SMILES string of the molecule is CCN(CC)c1ccc(NC(=O)CCc2ccc3c(c2)OCO3)cn1. The number of benzene rings is 1. The van der Waals surface area contributed by atoms with Crippen LogP contribution < -0.4 is 19.7 Å². The molecule has 0 fully saturated rings. The number of anilines is 2. The third-order valence-corrected chi connectivity index (χ3v) is 4.20. The molecule has 2 heterocycles. The maximum absolute atomic E-state index is 12.1. The monoisotopic (exact) mass is 341 g/mol. The van der Waals surface area contributed by atoms with Crippen molar-refractivity contribution in [1.82, 2.24) is 4.98 Å². The number of pyridine rings is 1. The normalized spacial score (nSPS) is 12.1. The van der Waals surface area contributed by atoms with Gasteiger partial charge < -0.3 is 19.7 Å². The molecule has 132 valence electrons. The highest BCUT2D eigenvalue weighted by Crippen LogP contribution is 2.32. The number of nitrogens with one attached hydrogen (secondary N) is 1. The van der Waals surface area contributed by atoms with Gasteiger partial charge in [0.25, 0.3) is 0 Å². The van der Waals surface area contributed by atoms with E-state index in [4.69, 9.17) is 9.47 Å². The summed E-state index contributed by atoms with van der Waals surface area (Å²) < 4.78 is 10.6. The molecule has 0 atom stereocenters. The van der Waals surface area contributed by atoms with Crippen molar-refractivity contribution in [2.45, 2.75) is 26.7 Å². The van der Waals surface area contributed by atoms with Crippen molar-refractivity contribution in [3.63, 3.8) is 0 Å². The van der Waals surface area contributed by atoms with Crippen LogP contribution in [0.2, 0.25) is 0 Å². The van der Waals surface area contributed by atoms with Gasteiger partial charge in [0, 0.05) is 19.5 Å². The summed E-state index contributed by atoms with van der Waals surface area (Å²) in [6.45, 7) is 6.26. The fourth-order valence-corrected chi connectivity index (χ4v) is 2.77. The Bertz CT molecular complexity index is 727. The lowest BCUT2D eigenvalue weighted by atomic mass is 10.1. The fourth-order valence-electron chi connectivity index (χ4n) is 2.77. The lowest BCUT2D eigenvalue weighted by Gasteiger charge is -2.19. The van der Waals surface area contributed by atoms with Gasteiger partial charge in [-0.3, -0.25) is 4.79 Å². The maximum atomic E-state index is 12.1. The molecule has 25 heavy (non-hydrogen) atoms. The second-order valence-corrected chi connectivity index (χ2v) is 5.81. The zero-order valence-electron chi connectivity index (χ0n) is 14.6. The van der Waals surface area contributed by atoms with Crippen molar-refractivity contribution in [2.75, 3.05) is 30.1 Å². The van der Waals surface area contributed by atoms with Gasteiger partial charge in [-0.1, -0.05) is 6.07 Å². The number of carbonyl (C=O) groups is 1. The number of aryl methyl sites for hydroxylation is 1. The van der Waals surface area contributed by atoms with Crippen molar-refractivity contribution in [3.05, 3.63) is 42.1 Å². The van der Waals surface area contributed by atoms with Crippen LogP contribution in [0, 0.1) is 0 Å². The van der Waals surface area contributed by atoms with Gasteiger partial charge in [-0.15, -0.1) is 0 Å². The molecule has 0 saturated heterocycles. The topological polar surface area (TPSA) is 63.7 Å². The van der Waals surface area contributed by atoms with E-state index in [1.807, 2.05) is 30.3 Å². The smallest absolute Gasteiger partial charge is 0.231 e. The van der Waals surface area contributed by atoms with Gasteiger partial charge in [0.1, 0.15) is 5.82 Å². The first-order chi connectivity index (χ1) is 12.2. The summed E-state index contributed by atoms with van der Waals surface area (Å²) in [5, 5.41) is 2.89. The quantitative estimate of drug-likeness (QED) is 0.838. The van der Waals surface area contributed by atoms with Crippen molar-refractivity contribution in [2.24, 2.45) is 0 Å². The standard InChI is InChI=1S/C19H23N3O3/c1-3-22(4-2)18-9-7-15(12-20-18)21-19(23)10-6-14-5-8-16-17(11-14)25-13-24-16/h5,7-9,11-12H,3-4,6,10,13H2,1-2H3,(H,21,23). The Balaban J connectivity index is 1.52. The van der Waals surface area contributed by atoms with Crippen LogP contribution in [-0.4, -0.2) is 30.8 Å². The molecule has 2 aromatic rings.